The second-order valence-electron chi connectivity index (χ2n) is 5.80. The number of amides is 1. The van der Waals surface area contributed by atoms with Crippen LogP contribution in [0.25, 0.3) is 0 Å². The Bertz CT molecular complexity index is 495. The van der Waals surface area contributed by atoms with Gasteiger partial charge in [0.1, 0.15) is 0 Å². The van der Waals surface area contributed by atoms with E-state index < -0.39 is 5.97 Å². The molecule has 1 saturated heterocycles. The van der Waals surface area contributed by atoms with E-state index in [2.05, 4.69) is 6.92 Å². The van der Waals surface area contributed by atoms with E-state index in [1.54, 1.807) is 0 Å². The first kappa shape index (κ1) is 15.5. The summed E-state index contributed by atoms with van der Waals surface area (Å²) in [4.78, 5) is 24.7. The molecule has 1 aromatic rings. The summed E-state index contributed by atoms with van der Waals surface area (Å²) >= 11 is 0. The van der Waals surface area contributed by atoms with Crippen LogP contribution in [0, 0.1) is 5.92 Å². The van der Waals surface area contributed by atoms with Gasteiger partial charge in [-0.2, -0.15) is 0 Å². The van der Waals surface area contributed by atoms with Crippen molar-refractivity contribution in [2.75, 3.05) is 6.54 Å². The van der Waals surface area contributed by atoms with E-state index in [9.17, 15) is 9.59 Å². The van der Waals surface area contributed by atoms with Crippen LogP contribution in [-0.2, 0) is 22.6 Å². The number of rotatable bonds is 5. The van der Waals surface area contributed by atoms with Crippen molar-refractivity contribution in [3.05, 3.63) is 35.4 Å². The lowest BCUT2D eigenvalue weighted by Crippen LogP contribution is -2.29. The minimum Gasteiger partial charge on any atom is -0.481 e. The van der Waals surface area contributed by atoms with Gasteiger partial charge in [0, 0.05) is 19.5 Å². The minimum absolute atomic E-state index is 0.0428. The van der Waals surface area contributed by atoms with Gasteiger partial charge in [-0.25, -0.2) is 0 Å². The van der Waals surface area contributed by atoms with Gasteiger partial charge in [0.15, 0.2) is 0 Å². The van der Waals surface area contributed by atoms with Crippen LogP contribution in [0.3, 0.4) is 0 Å². The molecule has 1 atom stereocenters. The predicted octanol–water partition coefficient (Wildman–Crippen LogP) is 2.85. The van der Waals surface area contributed by atoms with Crippen LogP contribution in [0.4, 0.5) is 0 Å². The summed E-state index contributed by atoms with van der Waals surface area (Å²) < 4.78 is 0. The van der Waals surface area contributed by atoms with Gasteiger partial charge in [0.25, 0.3) is 0 Å². The highest BCUT2D eigenvalue weighted by Gasteiger charge is 2.21. The van der Waals surface area contributed by atoms with E-state index in [1.165, 1.54) is 0 Å². The Labute approximate surface area is 125 Å². The summed E-state index contributed by atoms with van der Waals surface area (Å²) in [5, 5.41) is 8.76. The third-order valence-electron chi connectivity index (χ3n) is 4.26. The lowest BCUT2D eigenvalue weighted by molar-refractivity contribution is -0.136. The second kappa shape index (κ2) is 7.25. The van der Waals surface area contributed by atoms with Gasteiger partial charge < -0.3 is 10.0 Å². The van der Waals surface area contributed by atoms with Crippen molar-refractivity contribution in [2.24, 2.45) is 5.92 Å². The number of carboxylic acid groups (broad SMARTS) is 1. The fourth-order valence-electron chi connectivity index (χ4n) is 2.83. The van der Waals surface area contributed by atoms with Gasteiger partial charge in [0.2, 0.25) is 5.91 Å². The van der Waals surface area contributed by atoms with Crippen LogP contribution < -0.4 is 0 Å². The molecule has 4 heteroatoms. The number of aliphatic carboxylic acids is 1. The van der Waals surface area contributed by atoms with Crippen LogP contribution in [0.15, 0.2) is 24.3 Å². The van der Waals surface area contributed by atoms with Crippen molar-refractivity contribution < 1.29 is 14.7 Å². The number of carbonyl (C=O) groups is 2. The second-order valence-corrected chi connectivity index (χ2v) is 5.80. The van der Waals surface area contributed by atoms with Crippen molar-refractivity contribution in [2.45, 2.75) is 45.6 Å². The quantitative estimate of drug-likeness (QED) is 0.906. The highest BCUT2D eigenvalue weighted by atomic mass is 16.4. The maximum Gasteiger partial charge on any atom is 0.307 e. The third-order valence-corrected chi connectivity index (χ3v) is 4.26. The molecule has 0 aliphatic carbocycles. The van der Waals surface area contributed by atoms with Crippen LogP contribution in [0.2, 0.25) is 0 Å². The van der Waals surface area contributed by atoms with Crippen LogP contribution in [0.5, 0.6) is 0 Å². The molecule has 1 heterocycles. The van der Waals surface area contributed by atoms with Gasteiger partial charge in [-0.15, -0.1) is 0 Å². The molecule has 1 aromatic carbocycles. The number of hydrogen-bond acceptors (Lipinski definition) is 2. The zero-order valence-electron chi connectivity index (χ0n) is 12.5. The molecule has 0 spiro atoms. The van der Waals surface area contributed by atoms with E-state index in [-0.39, 0.29) is 12.3 Å². The minimum atomic E-state index is -0.823. The number of likely N-dealkylation sites (tertiary alicyclic amines) is 1. The molecule has 4 nitrogen and oxygen atoms in total. The zero-order valence-corrected chi connectivity index (χ0v) is 12.5. The van der Waals surface area contributed by atoms with E-state index in [1.807, 2.05) is 29.2 Å². The van der Waals surface area contributed by atoms with Crippen molar-refractivity contribution in [1.82, 2.24) is 4.90 Å². The average molecular weight is 289 g/mol. The van der Waals surface area contributed by atoms with Gasteiger partial charge in [-0.1, -0.05) is 37.6 Å². The molecular weight excluding hydrogens is 266 g/mol. The molecule has 0 aromatic heterocycles. The van der Waals surface area contributed by atoms with Crippen molar-refractivity contribution in [3.63, 3.8) is 0 Å². The molecule has 0 radical (unpaired) electrons. The zero-order chi connectivity index (χ0) is 15.2. The number of nitrogens with zero attached hydrogens (tertiary/aromatic N) is 1. The van der Waals surface area contributed by atoms with Crippen molar-refractivity contribution in [3.8, 4) is 0 Å². The Morgan fingerprint density at radius 2 is 1.90 bits per heavy atom. The molecule has 1 aliphatic rings. The highest BCUT2D eigenvalue weighted by molar-refractivity contribution is 5.76. The Morgan fingerprint density at radius 1 is 1.24 bits per heavy atom. The fraction of sp³-hybridized carbons (Fsp3) is 0.529. The SMILES string of the molecule is CCC1CCC(=O)N(Cc2ccc(CC(=O)O)cc2)CC1. The summed E-state index contributed by atoms with van der Waals surface area (Å²) in [5.41, 5.74) is 1.85. The van der Waals surface area contributed by atoms with Gasteiger partial charge in [-0.3, -0.25) is 9.59 Å². The first-order valence-corrected chi connectivity index (χ1v) is 7.66. The lowest BCUT2D eigenvalue weighted by atomic mass is 9.98. The standard InChI is InChI=1S/C17H23NO3/c1-2-13-7-8-16(19)18(10-9-13)12-15-5-3-14(4-6-15)11-17(20)21/h3-6,13H,2,7-12H2,1H3,(H,20,21). The molecule has 114 valence electrons. The number of hydrogen-bond donors (Lipinski definition) is 1. The summed E-state index contributed by atoms with van der Waals surface area (Å²) in [6.07, 6.45) is 3.92. The summed E-state index contributed by atoms with van der Waals surface area (Å²) in [5.74, 6) is 0.0773. The van der Waals surface area contributed by atoms with Crippen molar-refractivity contribution >= 4 is 11.9 Å². The Morgan fingerprint density at radius 3 is 2.52 bits per heavy atom. The Balaban J connectivity index is 1.96. The maximum absolute atomic E-state index is 12.1. The normalized spacial score (nSPS) is 19.4. The Hall–Kier alpha value is -1.84. The van der Waals surface area contributed by atoms with Crippen LogP contribution in [0.1, 0.15) is 43.7 Å². The number of carbonyl (C=O) groups excluding carboxylic acids is 1. The summed E-state index contributed by atoms with van der Waals surface area (Å²) in [6.45, 7) is 3.64. The molecular formula is C17H23NO3. The van der Waals surface area contributed by atoms with E-state index in [0.717, 1.165) is 36.9 Å². The first-order chi connectivity index (χ1) is 10.1. The molecule has 1 N–H and O–H groups in total. The average Bonchev–Trinajstić information content (AvgIpc) is 2.63. The summed E-state index contributed by atoms with van der Waals surface area (Å²) in [7, 11) is 0. The topological polar surface area (TPSA) is 57.6 Å². The van der Waals surface area contributed by atoms with E-state index >= 15 is 0 Å². The fourth-order valence-corrected chi connectivity index (χ4v) is 2.83. The molecule has 1 fully saturated rings. The molecule has 1 unspecified atom stereocenters. The van der Waals surface area contributed by atoms with E-state index in [0.29, 0.717) is 18.9 Å². The molecule has 2 rings (SSSR count). The molecule has 0 bridgehead atoms. The lowest BCUT2D eigenvalue weighted by Gasteiger charge is -2.21. The monoisotopic (exact) mass is 289 g/mol. The molecule has 21 heavy (non-hydrogen) atoms. The first-order valence-electron chi connectivity index (χ1n) is 7.66. The molecule has 1 amide bonds. The smallest absolute Gasteiger partial charge is 0.307 e. The molecule has 1 aliphatic heterocycles. The van der Waals surface area contributed by atoms with E-state index in [4.69, 9.17) is 5.11 Å². The van der Waals surface area contributed by atoms with Gasteiger partial charge in [-0.05, 0) is 29.9 Å². The van der Waals surface area contributed by atoms with Gasteiger partial charge in [0.05, 0.1) is 6.42 Å². The highest BCUT2D eigenvalue weighted by Crippen LogP contribution is 2.22. The van der Waals surface area contributed by atoms with Crippen LogP contribution >= 0.6 is 0 Å². The molecule has 0 saturated carbocycles. The van der Waals surface area contributed by atoms with Crippen LogP contribution in [-0.4, -0.2) is 28.4 Å². The van der Waals surface area contributed by atoms with Gasteiger partial charge >= 0.3 is 5.97 Å². The summed E-state index contributed by atoms with van der Waals surface area (Å²) in [6, 6.07) is 7.52. The Kier molecular flexibility index (Phi) is 5.37. The predicted molar refractivity (Wildman–Crippen MR) is 80.8 cm³/mol. The maximum atomic E-state index is 12.1. The number of benzene rings is 1. The number of carboxylic acids is 1. The van der Waals surface area contributed by atoms with Crippen molar-refractivity contribution in [1.29, 1.82) is 0 Å². The largest absolute Gasteiger partial charge is 0.481 e. The third kappa shape index (κ3) is 4.59.